The summed E-state index contributed by atoms with van der Waals surface area (Å²) in [5.74, 6) is 0.982. The van der Waals surface area contributed by atoms with Crippen LogP contribution in [0.4, 0.5) is 5.69 Å². The van der Waals surface area contributed by atoms with E-state index < -0.39 is 0 Å². The van der Waals surface area contributed by atoms with Crippen molar-refractivity contribution in [3.05, 3.63) is 54.0 Å². The summed E-state index contributed by atoms with van der Waals surface area (Å²) in [6.45, 7) is 9.69. The van der Waals surface area contributed by atoms with Crippen molar-refractivity contribution in [2.75, 3.05) is 37.6 Å². The van der Waals surface area contributed by atoms with Crippen molar-refractivity contribution in [3.8, 4) is 0 Å². The third-order valence-corrected chi connectivity index (χ3v) is 4.44. The molecule has 0 saturated carbocycles. The van der Waals surface area contributed by atoms with Crippen molar-refractivity contribution in [2.45, 2.75) is 26.4 Å². The molecule has 1 aromatic heterocycles. The van der Waals surface area contributed by atoms with E-state index in [0.29, 0.717) is 0 Å². The molecule has 1 N–H and O–H groups in total. The van der Waals surface area contributed by atoms with Crippen molar-refractivity contribution in [1.82, 2.24) is 10.2 Å². The average Bonchev–Trinajstić information content (AvgIpc) is 3.10. The molecule has 0 bridgehead atoms. The van der Waals surface area contributed by atoms with Crippen molar-refractivity contribution in [2.24, 2.45) is 0 Å². The summed E-state index contributed by atoms with van der Waals surface area (Å²) >= 11 is 0. The summed E-state index contributed by atoms with van der Waals surface area (Å²) in [6, 6.07) is 12.7. The van der Waals surface area contributed by atoms with Crippen molar-refractivity contribution in [1.29, 1.82) is 0 Å². The van der Waals surface area contributed by atoms with Crippen molar-refractivity contribution < 1.29 is 4.42 Å². The molecule has 1 fully saturated rings. The molecule has 23 heavy (non-hydrogen) atoms. The maximum absolute atomic E-state index is 5.37. The molecular formula is C19H27N3O. The van der Waals surface area contributed by atoms with Gasteiger partial charge in [0.25, 0.3) is 0 Å². The topological polar surface area (TPSA) is 31.6 Å². The molecule has 3 rings (SSSR count). The van der Waals surface area contributed by atoms with E-state index in [4.69, 9.17) is 4.42 Å². The minimum absolute atomic E-state index is 0.769. The number of anilines is 1. The molecule has 124 valence electrons. The minimum Gasteiger partial charge on any atom is -0.468 e. The zero-order valence-corrected chi connectivity index (χ0v) is 14.0. The Kier molecular flexibility index (Phi) is 5.72. The van der Waals surface area contributed by atoms with Gasteiger partial charge in [0.15, 0.2) is 0 Å². The summed E-state index contributed by atoms with van der Waals surface area (Å²) in [5, 5.41) is 3.48. The Balaban J connectivity index is 1.57. The number of benzene rings is 1. The molecule has 4 heteroatoms. The Bertz CT molecular complexity index is 574. The quantitative estimate of drug-likeness (QED) is 0.851. The average molecular weight is 313 g/mol. The van der Waals surface area contributed by atoms with Crippen LogP contribution in [0.3, 0.4) is 0 Å². The zero-order chi connectivity index (χ0) is 15.9. The van der Waals surface area contributed by atoms with Crippen LogP contribution in [0.5, 0.6) is 0 Å². The second-order valence-electron chi connectivity index (χ2n) is 6.14. The van der Waals surface area contributed by atoms with Gasteiger partial charge < -0.3 is 14.6 Å². The van der Waals surface area contributed by atoms with Gasteiger partial charge in [-0.15, -0.1) is 0 Å². The fraction of sp³-hybridized carbons (Fsp3) is 0.474. The first-order chi connectivity index (χ1) is 11.4. The van der Waals surface area contributed by atoms with Crippen LogP contribution in [-0.4, -0.2) is 37.6 Å². The molecule has 1 aliphatic heterocycles. The van der Waals surface area contributed by atoms with Gasteiger partial charge in [0.05, 0.1) is 12.8 Å². The second kappa shape index (κ2) is 8.18. The third kappa shape index (κ3) is 4.36. The van der Waals surface area contributed by atoms with E-state index in [1.807, 2.05) is 12.1 Å². The van der Waals surface area contributed by atoms with Gasteiger partial charge in [-0.3, -0.25) is 4.90 Å². The molecule has 1 aliphatic rings. The first-order valence-corrected chi connectivity index (χ1v) is 8.65. The van der Waals surface area contributed by atoms with Crippen LogP contribution in [0.25, 0.3) is 0 Å². The monoisotopic (exact) mass is 313 g/mol. The first-order valence-electron chi connectivity index (χ1n) is 8.65. The Labute approximate surface area is 139 Å². The summed E-state index contributed by atoms with van der Waals surface area (Å²) in [6.07, 6.45) is 2.97. The predicted octanol–water partition coefficient (Wildman–Crippen LogP) is 3.10. The Morgan fingerprint density at radius 3 is 2.57 bits per heavy atom. The number of piperazine rings is 1. The van der Waals surface area contributed by atoms with Gasteiger partial charge in [-0.2, -0.15) is 0 Å². The molecule has 1 aromatic carbocycles. The number of rotatable bonds is 7. The van der Waals surface area contributed by atoms with E-state index in [1.165, 1.54) is 37.3 Å². The highest BCUT2D eigenvalue weighted by Gasteiger charge is 2.18. The highest BCUT2D eigenvalue weighted by Crippen LogP contribution is 2.22. The lowest BCUT2D eigenvalue weighted by Gasteiger charge is -2.37. The van der Waals surface area contributed by atoms with Crippen LogP contribution in [0, 0.1) is 0 Å². The lowest BCUT2D eigenvalue weighted by Crippen LogP contribution is -2.46. The van der Waals surface area contributed by atoms with Gasteiger partial charge in [0.2, 0.25) is 0 Å². The molecule has 2 aromatic rings. The van der Waals surface area contributed by atoms with E-state index >= 15 is 0 Å². The number of para-hydroxylation sites is 1. The second-order valence-corrected chi connectivity index (χ2v) is 6.14. The van der Waals surface area contributed by atoms with E-state index in [9.17, 15) is 0 Å². The van der Waals surface area contributed by atoms with Crippen LogP contribution >= 0.6 is 0 Å². The number of hydrogen-bond acceptors (Lipinski definition) is 4. The normalized spacial score (nSPS) is 16.0. The molecule has 0 spiro atoms. The van der Waals surface area contributed by atoms with Gasteiger partial charge in [0, 0.05) is 38.4 Å². The molecule has 0 unspecified atom stereocenters. The van der Waals surface area contributed by atoms with Crippen LogP contribution in [0.1, 0.15) is 24.7 Å². The van der Waals surface area contributed by atoms with Gasteiger partial charge in [0.1, 0.15) is 5.76 Å². The highest BCUT2D eigenvalue weighted by molar-refractivity contribution is 5.54. The summed E-state index contributed by atoms with van der Waals surface area (Å²) in [5.41, 5.74) is 2.73. The van der Waals surface area contributed by atoms with E-state index in [2.05, 4.69) is 46.3 Å². The summed E-state index contributed by atoms with van der Waals surface area (Å²) < 4.78 is 5.37. The molecule has 0 aliphatic carbocycles. The van der Waals surface area contributed by atoms with Gasteiger partial charge in [-0.1, -0.05) is 25.1 Å². The molecule has 1 saturated heterocycles. The molecule has 0 atom stereocenters. The van der Waals surface area contributed by atoms with Crippen molar-refractivity contribution >= 4 is 5.69 Å². The molecule has 4 nitrogen and oxygen atoms in total. The van der Waals surface area contributed by atoms with E-state index in [1.54, 1.807) is 6.26 Å². The van der Waals surface area contributed by atoms with Gasteiger partial charge in [-0.25, -0.2) is 0 Å². The Morgan fingerprint density at radius 1 is 1.00 bits per heavy atom. The lowest BCUT2D eigenvalue weighted by atomic mass is 10.1. The van der Waals surface area contributed by atoms with E-state index in [-0.39, 0.29) is 0 Å². The van der Waals surface area contributed by atoms with Gasteiger partial charge >= 0.3 is 0 Å². The summed E-state index contributed by atoms with van der Waals surface area (Å²) in [7, 11) is 0. The molecule has 0 amide bonds. The predicted molar refractivity (Wildman–Crippen MR) is 94.6 cm³/mol. The fourth-order valence-electron chi connectivity index (χ4n) is 3.23. The number of nitrogens with one attached hydrogen (secondary N) is 1. The van der Waals surface area contributed by atoms with Crippen molar-refractivity contribution in [3.63, 3.8) is 0 Å². The van der Waals surface area contributed by atoms with E-state index in [0.717, 1.165) is 31.9 Å². The van der Waals surface area contributed by atoms with Crippen LogP contribution in [0.15, 0.2) is 47.1 Å². The minimum atomic E-state index is 0.769. The number of furan rings is 1. The van der Waals surface area contributed by atoms with Crippen LogP contribution < -0.4 is 10.2 Å². The zero-order valence-electron chi connectivity index (χ0n) is 14.0. The number of hydrogen-bond donors (Lipinski definition) is 1. The molecular weight excluding hydrogens is 286 g/mol. The van der Waals surface area contributed by atoms with Crippen LogP contribution in [-0.2, 0) is 13.1 Å². The Morgan fingerprint density at radius 2 is 1.83 bits per heavy atom. The first kappa shape index (κ1) is 16.1. The maximum Gasteiger partial charge on any atom is 0.117 e. The number of nitrogens with zero attached hydrogens (tertiary/aromatic N) is 2. The summed E-state index contributed by atoms with van der Waals surface area (Å²) in [4.78, 5) is 5.09. The maximum atomic E-state index is 5.37. The molecule has 0 radical (unpaired) electrons. The smallest absolute Gasteiger partial charge is 0.117 e. The molecule has 2 heterocycles. The largest absolute Gasteiger partial charge is 0.468 e. The van der Waals surface area contributed by atoms with Gasteiger partial charge in [-0.05, 0) is 36.7 Å². The van der Waals surface area contributed by atoms with Crippen LogP contribution in [0.2, 0.25) is 0 Å². The fourth-order valence-corrected chi connectivity index (χ4v) is 3.23. The third-order valence-electron chi connectivity index (χ3n) is 4.44. The standard InChI is InChI=1S/C19H27N3O/c1-2-9-21-10-12-22(13-11-21)19-8-4-3-6-17(19)15-20-16-18-7-5-14-23-18/h3-8,14,20H,2,9-13,15-16H2,1H3. The lowest BCUT2D eigenvalue weighted by molar-refractivity contribution is 0.258. The Hall–Kier alpha value is -1.78. The SMILES string of the molecule is CCCN1CCN(c2ccccc2CNCc2ccco2)CC1. The highest BCUT2D eigenvalue weighted by atomic mass is 16.3.